The number of aliphatic hydroxyl groups is 1. The van der Waals surface area contributed by atoms with Crippen LogP contribution in [0.4, 0.5) is 0 Å². The van der Waals surface area contributed by atoms with Gasteiger partial charge in [-0.1, -0.05) is 60.7 Å². The zero-order chi connectivity index (χ0) is 19.5. The van der Waals surface area contributed by atoms with Crippen LogP contribution >= 0.6 is 0 Å². The first kappa shape index (κ1) is 20.7. The predicted molar refractivity (Wildman–Crippen MR) is 98.5 cm³/mol. The minimum atomic E-state index is -1.04. The Labute approximate surface area is 157 Å². The number of aliphatic hydroxyl groups excluding tert-OH is 1. The Bertz CT molecular complexity index is 694. The van der Waals surface area contributed by atoms with Crippen LogP contribution in [0.15, 0.2) is 60.7 Å². The molecule has 7 nitrogen and oxygen atoms in total. The molecule has 2 aromatic carbocycles. The Morgan fingerprint density at radius 3 is 1.93 bits per heavy atom. The summed E-state index contributed by atoms with van der Waals surface area (Å²) in [5.74, 6) is -0.866. The molecule has 0 saturated heterocycles. The molecule has 0 bridgehead atoms. The van der Waals surface area contributed by atoms with Crippen LogP contribution in [-0.4, -0.2) is 41.7 Å². The van der Waals surface area contributed by atoms with Crippen LogP contribution in [-0.2, 0) is 27.5 Å². The highest BCUT2D eigenvalue weighted by molar-refractivity contribution is 5.57. The second-order valence-corrected chi connectivity index (χ2v) is 6.12. The molecule has 144 valence electrons. The van der Waals surface area contributed by atoms with Gasteiger partial charge in [0.1, 0.15) is 12.2 Å². The molecule has 1 N–H and O–H groups in total. The van der Waals surface area contributed by atoms with Crippen LogP contribution in [0.1, 0.15) is 11.1 Å². The molecule has 0 radical (unpaired) electrons. The van der Waals surface area contributed by atoms with Gasteiger partial charge >= 0.3 is 0 Å². The monoisotopic (exact) mass is 373 g/mol. The largest absolute Gasteiger partial charge is 0.396 e. The van der Waals surface area contributed by atoms with E-state index >= 15 is 0 Å². The molecule has 0 unspecified atom stereocenters. The maximum atomic E-state index is 11.6. The van der Waals surface area contributed by atoms with Crippen molar-refractivity contribution >= 4 is 6.29 Å². The van der Waals surface area contributed by atoms with Crippen molar-refractivity contribution in [3.05, 3.63) is 81.9 Å². The number of nitrogens with zero attached hydrogens (tertiary/aromatic N) is 1. The maximum Gasteiger partial charge on any atom is 0.211 e. The number of carbonyl (C=O) groups excluding carboxylic acids is 1. The second-order valence-electron chi connectivity index (χ2n) is 6.12. The molecule has 0 fully saturated rings. The van der Waals surface area contributed by atoms with Gasteiger partial charge in [-0.3, -0.25) is 10.1 Å². The first-order valence-corrected chi connectivity index (χ1v) is 8.63. The van der Waals surface area contributed by atoms with Crippen molar-refractivity contribution in [2.75, 3.05) is 13.2 Å². The van der Waals surface area contributed by atoms with Crippen LogP contribution in [0, 0.1) is 16.0 Å². The lowest BCUT2D eigenvalue weighted by molar-refractivity contribution is -0.492. The summed E-state index contributed by atoms with van der Waals surface area (Å²) in [6.07, 6.45) is -1.41. The van der Waals surface area contributed by atoms with Crippen LogP contribution < -0.4 is 0 Å². The van der Waals surface area contributed by atoms with E-state index in [4.69, 9.17) is 9.47 Å². The second kappa shape index (κ2) is 11.2. The minimum Gasteiger partial charge on any atom is -0.396 e. The third-order valence-electron chi connectivity index (χ3n) is 4.11. The third-order valence-corrected chi connectivity index (χ3v) is 4.11. The van der Waals surface area contributed by atoms with E-state index in [1.165, 1.54) is 0 Å². The standard InChI is InChI=1S/C20H23NO6/c22-12-18(11-21(24)25)20(27-15-17-9-5-2-6-10-17)19(13-23)26-14-16-7-3-1-4-8-16/h1-10,13,18-20,22H,11-12,14-15H2/t18-,19+,20+/m0/s1. The highest BCUT2D eigenvalue weighted by atomic mass is 16.6. The normalized spacial score (nSPS) is 14.3. The van der Waals surface area contributed by atoms with Crippen LogP contribution in [0.3, 0.4) is 0 Å². The average Bonchev–Trinajstić information content (AvgIpc) is 2.70. The van der Waals surface area contributed by atoms with E-state index in [2.05, 4.69) is 0 Å². The van der Waals surface area contributed by atoms with Crippen LogP contribution in [0.2, 0.25) is 0 Å². The highest BCUT2D eigenvalue weighted by Crippen LogP contribution is 2.18. The molecule has 0 heterocycles. The molecule has 0 aliphatic heterocycles. The van der Waals surface area contributed by atoms with Crippen molar-refractivity contribution in [1.29, 1.82) is 0 Å². The van der Waals surface area contributed by atoms with Crippen molar-refractivity contribution in [3.63, 3.8) is 0 Å². The maximum absolute atomic E-state index is 11.6. The highest BCUT2D eigenvalue weighted by Gasteiger charge is 2.34. The van der Waals surface area contributed by atoms with Gasteiger partial charge < -0.3 is 19.4 Å². The minimum absolute atomic E-state index is 0.152. The predicted octanol–water partition coefficient (Wildman–Crippen LogP) is 2.24. The molecule has 2 rings (SSSR count). The number of nitro groups is 1. The van der Waals surface area contributed by atoms with Crippen molar-refractivity contribution in [1.82, 2.24) is 0 Å². The van der Waals surface area contributed by atoms with Gasteiger partial charge in [-0.25, -0.2) is 0 Å². The molecule has 2 aromatic rings. The number of ether oxygens (including phenoxy) is 2. The third kappa shape index (κ3) is 6.90. The lowest BCUT2D eigenvalue weighted by Crippen LogP contribution is -2.43. The van der Waals surface area contributed by atoms with E-state index in [0.29, 0.717) is 6.29 Å². The SMILES string of the molecule is O=C[C@@H](OCc1ccccc1)[C@H](OCc1ccccc1)[C@H](CO)C[N+](=O)[O-]. The lowest BCUT2D eigenvalue weighted by Gasteiger charge is -2.28. The van der Waals surface area contributed by atoms with Crippen molar-refractivity contribution in [2.45, 2.75) is 25.4 Å². The smallest absolute Gasteiger partial charge is 0.211 e. The summed E-state index contributed by atoms with van der Waals surface area (Å²) in [6, 6.07) is 18.5. The molecule has 0 aliphatic carbocycles. The molecular weight excluding hydrogens is 350 g/mol. The van der Waals surface area contributed by atoms with E-state index in [9.17, 15) is 20.0 Å². The summed E-state index contributed by atoms with van der Waals surface area (Å²) in [7, 11) is 0. The quantitative estimate of drug-likeness (QED) is 0.348. The number of hydrogen-bond donors (Lipinski definition) is 1. The topological polar surface area (TPSA) is 98.9 Å². The van der Waals surface area contributed by atoms with E-state index in [1.807, 2.05) is 60.7 Å². The van der Waals surface area contributed by atoms with E-state index in [0.717, 1.165) is 11.1 Å². The summed E-state index contributed by atoms with van der Waals surface area (Å²) in [6.45, 7) is -0.695. The average molecular weight is 373 g/mol. The van der Waals surface area contributed by atoms with E-state index in [-0.39, 0.29) is 13.2 Å². The Morgan fingerprint density at radius 2 is 1.48 bits per heavy atom. The molecule has 0 spiro atoms. The molecule has 7 heteroatoms. The summed E-state index contributed by atoms with van der Waals surface area (Å²) in [4.78, 5) is 22.0. The zero-order valence-corrected chi connectivity index (χ0v) is 14.8. The number of aldehydes is 1. The van der Waals surface area contributed by atoms with Gasteiger partial charge in [-0.05, 0) is 11.1 Å². The molecule has 3 atom stereocenters. The van der Waals surface area contributed by atoms with Gasteiger partial charge in [-0.2, -0.15) is 0 Å². The molecule has 27 heavy (non-hydrogen) atoms. The van der Waals surface area contributed by atoms with Gasteiger partial charge in [0, 0.05) is 4.92 Å². The number of benzene rings is 2. The summed E-state index contributed by atoms with van der Waals surface area (Å²) in [5.41, 5.74) is 1.72. The number of hydrogen-bond acceptors (Lipinski definition) is 6. The molecular formula is C20H23NO6. The number of carbonyl (C=O) groups is 1. The first-order valence-electron chi connectivity index (χ1n) is 8.63. The number of rotatable bonds is 12. The summed E-state index contributed by atoms with van der Waals surface area (Å²) < 4.78 is 11.5. The van der Waals surface area contributed by atoms with Gasteiger partial charge in [0.2, 0.25) is 6.54 Å². The van der Waals surface area contributed by atoms with Crippen molar-refractivity contribution in [3.8, 4) is 0 Å². The Kier molecular flexibility index (Phi) is 8.57. The fourth-order valence-corrected chi connectivity index (χ4v) is 2.70. The van der Waals surface area contributed by atoms with Gasteiger partial charge in [0.25, 0.3) is 0 Å². The van der Waals surface area contributed by atoms with E-state index in [1.54, 1.807) is 0 Å². The molecule has 0 aliphatic rings. The first-order chi connectivity index (χ1) is 13.1. The fourth-order valence-electron chi connectivity index (χ4n) is 2.70. The Morgan fingerprint density at radius 1 is 0.963 bits per heavy atom. The van der Waals surface area contributed by atoms with E-state index < -0.39 is 36.2 Å². The summed E-state index contributed by atoms with van der Waals surface area (Å²) >= 11 is 0. The van der Waals surface area contributed by atoms with Gasteiger partial charge in [-0.15, -0.1) is 0 Å². The fraction of sp³-hybridized carbons (Fsp3) is 0.350. The lowest BCUT2D eigenvalue weighted by atomic mass is 9.98. The Balaban J connectivity index is 2.11. The van der Waals surface area contributed by atoms with Gasteiger partial charge in [0.15, 0.2) is 6.29 Å². The van der Waals surface area contributed by atoms with Gasteiger partial charge in [0.05, 0.1) is 25.7 Å². The van der Waals surface area contributed by atoms with Crippen molar-refractivity contribution in [2.24, 2.45) is 5.92 Å². The molecule has 0 saturated carbocycles. The molecule has 0 aromatic heterocycles. The van der Waals surface area contributed by atoms with Crippen LogP contribution in [0.5, 0.6) is 0 Å². The summed E-state index contributed by atoms with van der Waals surface area (Å²) in [5, 5.41) is 20.6. The zero-order valence-electron chi connectivity index (χ0n) is 14.8. The van der Waals surface area contributed by atoms with Crippen molar-refractivity contribution < 1.29 is 24.3 Å². The Hall–Kier alpha value is -2.61. The molecule has 0 amide bonds. The van der Waals surface area contributed by atoms with Crippen LogP contribution in [0.25, 0.3) is 0 Å².